The van der Waals surface area contributed by atoms with Gasteiger partial charge in [0.15, 0.2) is 0 Å². The minimum atomic E-state index is -0.128. The third kappa shape index (κ3) is 1.80. The van der Waals surface area contributed by atoms with E-state index >= 15 is 0 Å². The van der Waals surface area contributed by atoms with E-state index in [9.17, 15) is 0 Å². The van der Waals surface area contributed by atoms with Crippen LogP contribution in [0.4, 0.5) is 0 Å². The summed E-state index contributed by atoms with van der Waals surface area (Å²) in [5, 5.41) is 0. The molecule has 4 rings (SSSR count). The van der Waals surface area contributed by atoms with Gasteiger partial charge in [-0.15, -0.1) is 0 Å². The summed E-state index contributed by atoms with van der Waals surface area (Å²) in [6.45, 7) is 5.28. The molecular weight excluding hydrogens is 210 g/mol. The summed E-state index contributed by atoms with van der Waals surface area (Å²) in [6.07, 6.45) is 3.87. The lowest BCUT2D eigenvalue weighted by Crippen LogP contribution is -2.57. The summed E-state index contributed by atoms with van der Waals surface area (Å²) in [5.74, 6) is 0.853. The zero-order valence-corrected chi connectivity index (χ0v) is 10.6. The Morgan fingerprint density at radius 1 is 1.24 bits per heavy atom. The number of nitrogens with zero attached hydrogens (tertiary/aromatic N) is 1. The van der Waals surface area contributed by atoms with E-state index in [2.05, 4.69) is 42.2 Å². The largest absolute Gasteiger partial charge is 0.356 e. The van der Waals surface area contributed by atoms with Crippen LogP contribution in [0, 0.1) is 5.92 Å². The van der Waals surface area contributed by atoms with Crippen LogP contribution in [0.15, 0.2) is 30.3 Å². The monoisotopic (exact) mass is 231 g/mol. The summed E-state index contributed by atoms with van der Waals surface area (Å²) in [4.78, 5) is 2.55. The molecule has 3 heterocycles. The highest BCUT2D eigenvalue weighted by Crippen LogP contribution is 2.46. The Kier molecular flexibility index (Phi) is 2.93. The molecule has 3 saturated heterocycles. The molecule has 92 valence electrons. The molecule has 0 spiro atoms. The Balaban J connectivity index is 1.98. The van der Waals surface area contributed by atoms with Gasteiger partial charge in [-0.1, -0.05) is 30.3 Å². The van der Waals surface area contributed by atoms with E-state index in [4.69, 9.17) is 4.74 Å². The van der Waals surface area contributed by atoms with Gasteiger partial charge in [-0.2, -0.15) is 0 Å². The van der Waals surface area contributed by atoms with E-state index in [0.29, 0.717) is 0 Å². The van der Waals surface area contributed by atoms with Crippen LogP contribution < -0.4 is 0 Å². The average Bonchev–Trinajstić information content (AvgIpc) is 2.41. The number of hydrogen-bond donors (Lipinski definition) is 0. The van der Waals surface area contributed by atoms with Gasteiger partial charge < -0.3 is 4.74 Å². The first kappa shape index (κ1) is 11.2. The highest BCUT2D eigenvalue weighted by molar-refractivity contribution is 5.24. The van der Waals surface area contributed by atoms with Crippen LogP contribution >= 0.6 is 0 Å². The Hall–Kier alpha value is -0.860. The molecule has 17 heavy (non-hydrogen) atoms. The van der Waals surface area contributed by atoms with E-state index in [1.54, 1.807) is 0 Å². The molecule has 0 saturated carbocycles. The molecule has 3 aliphatic heterocycles. The molecule has 3 aliphatic rings. The quantitative estimate of drug-likeness (QED) is 0.793. The first-order valence-corrected chi connectivity index (χ1v) is 6.79. The molecule has 1 aromatic carbocycles. The molecule has 2 bridgehead atoms. The maximum Gasteiger partial charge on any atom is 0.148 e. The van der Waals surface area contributed by atoms with E-state index in [0.717, 1.165) is 12.5 Å². The number of rotatable bonds is 3. The normalized spacial score (nSPS) is 36.1. The van der Waals surface area contributed by atoms with Gasteiger partial charge >= 0.3 is 0 Å². The highest BCUT2D eigenvalue weighted by atomic mass is 16.5. The highest BCUT2D eigenvalue weighted by Gasteiger charge is 2.47. The van der Waals surface area contributed by atoms with Crippen LogP contribution in [-0.4, -0.2) is 24.6 Å². The second-order valence-corrected chi connectivity index (χ2v) is 5.22. The van der Waals surface area contributed by atoms with Gasteiger partial charge in [0, 0.05) is 19.7 Å². The first-order chi connectivity index (χ1) is 8.35. The summed E-state index contributed by atoms with van der Waals surface area (Å²) < 4.78 is 6.22. The predicted octanol–water partition coefficient (Wildman–Crippen LogP) is 2.99. The minimum Gasteiger partial charge on any atom is -0.356 e. The third-order valence-electron chi connectivity index (χ3n) is 4.30. The summed E-state index contributed by atoms with van der Waals surface area (Å²) >= 11 is 0. The van der Waals surface area contributed by atoms with E-state index in [-0.39, 0.29) is 5.72 Å². The van der Waals surface area contributed by atoms with Crippen LogP contribution in [0.25, 0.3) is 0 Å². The summed E-state index contributed by atoms with van der Waals surface area (Å²) in [7, 11) is 0. The molecule has 2 heteroatoms. The van der Waals surface area contributed by atoms with E-state index in [1.807, 2.05) is 0 Å². The van der Waals surface area contributed by atoms with Crippen molar-refractivity contribution in [1.82, 2.24) is 4.90 Å². The second-order valence-electron chi connectivity index (χ2n) is 5.22. The maximum absolute atomic E-state index is 6.22. The van der Waals surface area contributed by atoms with Crippen molar-refractivity contribution in [2.24, 2.45) is 5.92 Å². The van der Waals surface area contributed by atoms with Crippen molar-refractivity contribution in [2.45, 2.75) is 31.9 Å². The van der Waals surface area contributed by atoms with E-state index < -0.39 is 0 Å². The van der Waals surface area contributed by atoms with Gasteiger partial charge in [0.05, 0.1) is 0 Å². The number of hydrogen-bond acceptors (Lipinski definition) is 2. The van der Waals surface area contributed by atoms with Gasteiger partial charge in [-0.3, -0.25) is 4.90 Å². The lowest BCUT2D eigenvalue weighted by atomic mass is 9.78. The van der Waals surface area contributed by atoms with Crippen molar-refractivity contribution in [2.75, 3.05) is 19.7 Å². The molecule has 1 unspecified atom stereocenters. The maximum atomic E-state index is 6.22. The summed E-state index contributed by atoms with van der Waals surface area (Å²) in [6, 6.07) is 10.8. The zero-order chi connectivity index (χ0) is 11.7. The van der Waals surface area contributed by atoms with Gasteiger partial charge in [0.1, 0.15) is 5.72 Å². The summed E-state index contributed by atoms with van der Waals surface area (Å²) in [5.41, 5.74) is 1.21. The standard InChI is InChI=1S/C15H21NO/c1-2-17-15(14-6-4-3-5-7-14)12-13-8-10-16(15)11-9-13/h3-7,13H,2,8-12H2,1H3. The van der Waals surface area contributed by atoms with Gasteiger partial charge in [-0.05, 0) is 37.7 Å². The lowest BCUT2D eigenvalue weighted by molar-refractivity contribution is -0.213. The average molecular weight is 231 g/mol. The van der Waals surface area contributed by atoms with Gasteiger partial charge in [0.2, 0.25) is 0 Å². The molecule has 0 amide bonds. The molecular formula is C15H21NO. The fraction of sp³-hybridized carbons (Fsp3) is 0.600. The van der Waals surface area contributed by atoms with Crippen molar-refractivity contribution < 1.29 is 4.74 Å². The van der Waals surface area contributed by atoms with Crippen LogP contribution in [-0.2, 0) is 10.5 Å². The van der Waals surface area contributed by atoms with Crippen molar-refractivity contribution >= 4 is 0 Å². The van der Waals surface area contributed by atoms with E-state index in [1.165, 1.54) is 37.9 Å². The SMILES string of the molecule is CCOC1(c2ccccc2)CC2CCN1CC2. The lowest BCUT2D eigenvalue weighted by Gasteiger charge is -2.54. The number of piperidine rings is 3. The van der Waals surface area contributed by atoms with Gasteiger partial charge in [-0.25, -0.2) is 0 Å². The molecule has 0 aromatic heterocycles. The number of benzene rings is 1. The number of fused-ring (bicyclic) bond motifs is 3. The third-order valence-corrected chi connectivity index (χ3v) is 4.30. The van der Waals surface area contributed by atoms with Crippen LogP contribution in [0.5, 0.6) is 0 Å². The Labute approximate surface area is 104 Å². The molecule has 0 N–H and O–H groups in total. The fourth-order valence-corrected chi connectivity index (χ4v) is 3.49. The van der Waals surface area contributed by atoms with Crippen molar-refractivity contribution in [3.05, 3.63) is 35.9 Å². The van der Waals surface area contributed by atoms with Crippen molar-refractivity contribution in [3.63, 3.8) is 0 Å². The zero-order valence-electron chi connectivity index (χ0n) is 10.6. The van der Waals surface area contributed by atoms with Crippen LogP contribution in [0.2, 0.25) is 0 Å². The molecule has 0 radical (unpaired) electrons. The number of ether oxygens (including phenoxy) is 1. The van der Waals surface area contributed by atoms with Gasteiger partial charge in [0.25, 0.3) is 0 Å². The van der Waals surface area contributed by atoms with Crippen LogP contribution in [0.1, 0.15) is 31.7 Å². The molecule has 0 aliphatic carbocycles. The predicted molar refractivity (Wildman–Crippen MR) is 68.7 cm³/mol. The fourth-order valence-electron chi connectivity index (χ4n) is 3.49. The van der Waals surface area contributed by atoms with Crippen molar-refractivity contribution in [3.8, 4) is 0 Å². The molecule has 1 atom stereocenters. The first-order valence-electron chi connectivity index (χ1n) is 6.79. The molecule has 3 fully saturated rings. The topological polar surface area (TPSA) is 12.5 Å². The molecule has 1 aromatic rings. The smallest absolute Gasteiger partial charge is 0.148 e. The minimum absolute atomic E-state index is 0.128. The second kappa shape index (κ2) is 4.43. The van der Waals surface area contributed by atoms with Crippen LogP contribution in [0.3, 0.4) is 0 Å². The Morgan fingerprint density at radius 3 is 2.47 bits per heavy atom. The van der Waals surface area contributed by atoms with Crippen molar-refractivity contribution in [1.29, 1.82) is 0 Å². The molecule has 2 nitrogen and oxygen atoms in total. The Bertz CT molecular complexity index is 370. The Morgan fingerprint density at radius 2 is 1.94 bits per heavy atom.